The van der Waals surface area contributed by atoms with Crippen molar-refractivity contribution in [1.29, 1.82) is 0 Å². The summed E-state index contributed by atoms with van der Waals surface area (Å²) in [5.41, 5.74) is 8.14. The van der Waals surface area contributed by atoms with Crippen molar-refractivity contribution in [3.63, 3.8) is 0 Å². The first-order valence-corrected chi connectivity index (χ1v) is 11.7. The number of hydrogen-bond donors (Lipinski definition) is 2. The van der Waals surface area contributed by atoms with Gasteiger partial charge >= 0.3 is 0 Å². The van der Waals surface area contributed by atoms with Gasteiger partial charge in [-0.15, -0.1) is 0 Å². The van der Waals surface area contributed by atoms with Crippen molar-refractivity contribution < 1.29 is 24.0 Å². The molecule has 3 aromatic rings. The highest BCUT2D eigenvalue weighted by Gasteiger charge is 2.49. The fourth-order valence-corrected chi connectivity index (χ4v) is 5.14. The van der Waals surface area contributed by atoms with E-state index in [0.717, 1.165) is 37.7 Å². The third-order valence-electron chi connectivity index (χ3n) is 6.90. The summed E-state index contributed by atoms with van der Waals surface area (Å²) >= 11 is 0. The number of primary amides is 1. The van der Waals surface area contributed by atoms with Crippen LogP contribution in [0.3, 0.4) is 0 Å². The minimum Gasteiger partial charge on any atom is -0.507 e. The number of aliphatic hydroxyl groups excluding tert-OH is 1. The van der Waals surface area contributed by atoms with Gasteiger partial charge in [-0.2, -0.15) is 0 Å². The number of nitrogens with two attached hydrogens (primary N) is 1. The van der Waals surface area contributed by atoms with Gasteiger partial charge in [0.05, 0.1) is 11.6 Å². The van der Waals surface area contributed by atoms with Crippen molar-refractivity contribution >= 4 is 29.0 Å². The lowest BCUT2D eigenvalue weighted by atomic mass is 9.80. The Labute approximate surface area is 202 Å². The minimum atomic E-state index is -0.711. The maximum atomic E-state index is 13.3. The first kappa shape index (κ1) is 22.6. The van der Waals surface area contributed by atoms with Gasteiger partial charge in [-0.3, -0.25) is 19.3 Å². The van der Waals surface area contributed by atoms with Crippen molar-refractivity contribution in [2.75, 3.05) is 4.90 Å². The molecule has 1 aliphatic carbocycles. The van der Waals surface area contributed by atoms with Crippen molar-refractivity contribution in [2.45, 2.75) is 38.1 Å². The SMILES string of the molecule is NC(=O)c1ccc(/C(O)=C2/C(=O)C(=O)N(c3ccc(-c4ccon4)cc3)C2C2CCCCC2)cc1. The molecule has 2 heterocycles. The second kappa shape index (κ2) is 9.21. The van der Waals surface area contributed by atoms with E-state index in [4.69, 9.17) is 10.3 Å². The van der Waals surface area contributed by atoms with Gasteiger partial charge in [-0.05, 0) is 43.0 Å². The van der Waals surface area contributed by atoms with E-state index in [0.29, 0.717) is 16.9 Å². The predicted octanol–water partition coefficient (Wildman–Crippen LogP) is 4.27. The Morgan fingerprint density at radius 3 is 2.20 bits per heavy atom. The number of carbonyl (C=O) groups is 3. The van der Waals surface area contributed by atoms with Gasteiger partial charge in [0.15, 0.2) is 0 Å². The molecule has 8 heteroatoms. The van der Waals surface area contributed by atoms with Crippen LogP contribution in [0.2, 0.25) is 0 Å². The monoisotopic (exact) mass is 471 g/mol. The van der Waals surface area contributed by atoms with Crippen molar-refractivity contribution in [2.24, 2.45) is 11.7 Å². The molecule has 0 spiro atoms. The number of carbonyl (C=O) groups excluding carboxylic acids is 3. The van der Waals surface area contributed by atoms with Crippen LogP contribution in [0.5, 0.6) is 0 Å². The van der Waals surface area contributed by atoms with Crippen LogP contribution in [-0.4, -0.2) is 33.9 Å². The first-order valence-electron chi connectivity index (χ1n) is 11.7. The number of anilines is 1. The summed E-state index contributed by atoms with van der Waals surface area (Å²) in [4.78, 5) is 39.5. The van der Waals surface area contributed by atoms with E-state index in [1.165, 1.54) is 35.4 Å². The summed E-state index contributed by atoms with van der Waals surface area (Å²) < 4.78 is 4.91. The molecule has 0 radical (unpaired) electrons. The number of Topliss-reactive ketones (excluding diaryl/α,β-unsaturated/α-hetero) is 1. The van der Waals surface area contributed by atoms with Crippen LogP contribution in [0.4, 0.5) is 5.69 Å². The van der Waals surface area contributed by atoms with E-state index in [2.05, 4.69) is 5.16 Å². The van der Waals surface area contributed by atoms with Crippen LogP contribution in [0.25, 0.3) is 17.0 Å². The Hall–Kier alpha value is -4.20. The smallest absolute Gasteiger partial charge is 0.299 e. The lowest BCUT2D eigenvalue weighted by Crippen LogP contribution is -2.40. The molecule has 178 valence electrons. The Morgan fingerprint density at radius 2 is 1.60 bits per heavy atom. The topological polar surface area (TPSA) is 127 Å². The Kier molecular flexibility index (Phi) is 5.94. The second-order valence-corrected chi connectivity index (χ2v) is 8.98. The lowest BCUT2D eigenvalue weighted by Gasteiger charge is -2.34. The number of aliphatic hydroxyl groups is 1. The summed E-state index contributed by atoms with van der Waals surface area (Å²) in [6.45, 7) is 0. The molecule has 2 fully saturated rings. The Balaban J connectivity index is 1.58. The number of hydrogen-bond acceptors (Lipinski definition) is 6. The van der Waals surface area contributed by atoms with E-state index < -0.39 is 23.6 Å². The van der Waals surface area contributed by atoms with E-state index in [1.807, 2.05) is 12.1 Å². The highest BCUT2D eigenvalue weighted by atomic mass is 16.5. The van der Waals surface area contributed by atoms with Crippen LogP contribution < -0.4 is 10.6 Å². The number of nitrogens with zero attached hydrogens (tertiary/aromatic N) is 2. The molecule has 35 heavy (non-hydrogen) atoms. The maximum absolute atomic E-state index is 13.3. The normalized spacial score (nSPS) is 20.3. The second-order valence-electron chi connectivity index (χ2n) is 8.98. The molecular weight excluding hydrogens is 446 g/mol. The van der Waals surface area contributed by atoms with Crippen LogP contribution in [0.1, 0.15) is 48.0 Å². The predicted molar refractivity (Wildman–Crippen MR) is 129 cm³/mol. The molecule has 0 bridgehead atoms. The zero-order valence-electron chi connectivity index (χ0n) is 19.0. The molecule has 5 rings (SSSR count). The molecule has 1 unspecified atom stereocenters. The molecule has 2 aliphatic rings. The Bertz CT molecular complexity index is 1290. The molecule has 1 aromatic heterocycles. The third-order valence-corrected chi connectivity index (χ3v) is 6.90. The quantitative estimate of drug-likeness (QED) is 0.325. The number of rotatable bonds is 5. The van der Waals surface area contributed by atoms with Gasteiger partial charge < -0.3 is 15.4 Å². The number of benzene rings is 2. The molecule has 1 aliphatic heterocycles. The first-order chi connectivity index (χ1) is 17.0. The standard InChI is InChI=1S/C27H25N3O5/c28-26(33)19-8-6-18(7-9-19)24(31)22-23(17-4-2-1-3-5-17)30(27(34)25(22)32)20-12-10-16(11-13-20)21-14-15-35-29-21/h6-15,17,23,31H,1-5H2,(H2,28,33)/b24-22-. The van der Waals surface area contributed by atoms with Crippen LogP contribution in [-0.2, 0) is 9.59 Å². The number of aromatic nitrogens is 1. The van der Waals surface area contributed by atoms with Crippen molar-refractivity contribution in [3.8, 4) is 11.3 Å². The van der Waals surface area contributed by atoms with E-state index in [-0.39, 0.29) is 22.8 Å². The molecule has 3 N–H and O–H groups in total. The van der Waals surface area contributed by atoms with Gasteiger partial charge in [0.1, 0.15) is 17.7 Å². The molecule has 1 saturated carbocycles. The molecule has 2 aromatic carbocycles. The van der Waals surface area contributed by atoms with Crippen molar-refractivity contribution in [3.05, 3.63) is 77.6 Å². The van der Waals surface area contributed by atoms with Gasteiger partial charge in [-0.1, -0.05) is 48.7 Å². The summed E-state index contributed by atoms with van der Waals surface area (Å²) in [6.07, 6.45) is 6.32. The zero-order chi connectivity index (χ0) is 24.5. The van der Waals surface area contributed by atoms with Crippen LogP contribution >= 0.6 is 0 Å². The summed E-state index contributed by atoms with van der Waals surface area (Å²) in [6, 6.07) is 14.4. The van der Waals surface area contributed by atoms with Gasteiger partial charge in [0.25, 0.3) is 11.7 Å². The summed E-state index contributed by atoms with van der Waals surface area (Å²) in [5.74, 6) is -2.16. The zero-order valence-corrected chi connectivity index (χ0v) is 19.0. The van der Waals surface area contributed by atoms with Crippen LogP contribution in [0.15, 0.2) is 71.0 Å². The van der Waals surface area contributed by atoms with Crippen LogP contribution in [0, 0.1) is 5.92 Å². The Morgan fingerprint density at radius 1 is 0.943 bits per heavy atom. The van der Waals surface area contributed by atoms with E-state index in [9.17, 15) is 19.5 Å². The van der Waals surface area contributed by atoms with E-state index >= 15 is 0 Å². The van der Waals surface area contributed by atoms with Gasteiger partial charge in [-0.25, -0.2) is 0 Å². The highest BCUT2D eigenvalue weighted by molar-refractivity contribution is 6.51. The van der Waals surface area contributed by atoms with Gasteiger partial charge in [0, 0.05) is 28.4 Å². The fourth-order valence-electron chi connectivity index (χ4n) is 5.14. The molecule has 1 atom stereocenters. The average Bonchev–Trinajstić information content (AvgIpc) is 3.52. The number of amides is 2. The third kappa shape index (κ3) is 4.12. The highest BCUT2D eigenvalue weighted by Crippen LogP contribution is 2.41. The molecule has 1 saturated heterocycles. The number of ketones is 1. The molecule has 2 amide bonds. The summed E-state index contributed by atoms with van der Waals surface area (Å²) in [5, 5.41) is 15.2. The van der Waals surface area contributed by atoms with Gasteiger partial charge in [0.2, 0.25) is 5.91 Å². The fraction of sp³-hybridized carbons (Fsp3) is 0.259. The molecule has 8 nitrogen and oxygen atoms in total. The maximum Gasteiger partial charge on any atom is 0.299 e. The van der Waals surface area contributed by atoms with Crippen molar-refractivity contribution in [1.82, 2.24) is 5.16 Å². The molecular formula is C27H25N3O5. The minimum absolute atomic E-state index is 0.0383. The van der Waals surface area contributed by atoms with E-state index in [1.54, 1.807) is 18.2 Å². The summed E-state index contributed by atoms with van der Waals surface area (Å²) in [7, 11) is 0. The lowest BCUT2D eigenvalue weighted by molar-refractivity contribution is -0.132. The largest absolute Gasteiger partial charge is 0.507 e. The average molecular weight is 472 g/mol.